The van der Waals surface area contributed by atoms with E-state index in [-0.39, 0.29) is 11.8 Å². The first-order chi connectivity index (χ1) is 9.43. The van der Waals surface area contributed by atoms with E-state index in [1.165, 1.54) is 22.3 Å². The van der Waals surface area contributed by atoms with Gasteiger partial charge in [-0.05, 0) is 74.1 Å². The lowest BCUT2D eigenvalue weighted by atomic mass is 9.69. The van der Waals surface area contributed by atoms with Gasteiger partial charge in [0.2, 0.25) is 0 Å². The van der Waals surface area contributed by atoms with Gasteiger partial charge in [0.05, 0.1) is 5.92 Å². The van der Waals surface area contributed by atoms with Gasteiger partial charge in [-0.25, -0.2) is 0 Å². The minimum absolute atomic E-state index is 0.186. The Morgan fingerprint density at radius 1 is 1.15 bits per heavy atom. The van der Waals surface area contributed by atoms with E-state index in [9.17, 15) is 9.90 Å². The zero-order valence-corrected chi connectivity index (χ0v) is 13.1. The molecule has 0 spiro atoms. The van der Waals surface area contributed by atoms with Crippen molar-refractivity contribution in [3.05, 3.63) is 34.4 Å². The first-order valence-electron chi connectivity index (χ1n) is 7.74. The quantitative estimate of drug-likeness (QED) is 0.874. The van der Waals surface area contributed by atoms with Gasteiger partial charge < -0.3 is 5.11 Å². The first-order valence-corrected chi connectivity index (χ1v) is 7.74. The zero-order chi connectivity index (χ0) is 14.9. The van der Waals surface area contributed by atoms with E-state index < -0.39 is 5.97 Å². The normalized spacial score (nSPS) is 26.5. The van der Waals surface area contributed by atoms with E-state index in [1.54, 1.807) is 0 Å². The molecule has 110 valence electrons. The molecule has 1 aliphatic rings. The smallest absolute Gasteiger partial charge is 0.307 e. The summed E-state index contributed by atoms with van der Waals surface area (Å²) in [5.74, 6) is 0.0305. The Bertz CT molecular complexity index is 504. The second-order valence-electron chi connectivity index (χ2n) is 6.43. The van der Waals surface area contributed by atoms with Crippen LogP contribution < -0.4 is 0 Å². The summed E-state index contributed by atoms with van der Waals surface area (Å²) in [6, 6.07) is 4.43. The van der Waals surface area contributed by atoms with Gasteiger partial charge in [-0.1, -0.05) is 25.5 Å². The average Bonchev–Trinajstić information content (AvgIpc) is 2.42. The molecule has 0 radical (unpaired) electrons. The number of rotatable bonds is 3. The van der Waals surface area contributed by atoms with E-state index in [4.69, 9.17) is 0 Å². The van der Waals surface area contributed by atoms with Gasteiger partial charge in [0.1, 0.15) is 0 Å². The van der Waals surface area contributed by atoms with E-state index in [0.29, 0.717) is 5.92 Å². The van der Waals surface area contributed by atoms with E-state index >= 15 is 0 Å². The van der Waals surface area contributed by atoms with Crippen LogP contribution in [-0.4, -0.2) is 11.1 Å². The lowest BCUT2D eigenvalue weighted by Crippen LogP contribution is -2.29. The molecular formula is C18H26O2. The fourth-order valence-corrected chi connectivity index (χ4v) is 3.65. The van der Waals surface area contributed by atoms with Crippen LogP contribution in [0.5, 0.6) is 0 Å². The number of carboxylic acids is 1. The number of carbonyl (C=O) groups is 1. The topological polar surface area (TPSA) is 37.3 Å². The number of aryl methyl sites for hydroxylation is 3. The fraction of sp³-hybridized carbons (Fsp3) is 0.611. The molecule has 1 fully saturated rings. The van der Waals surface area contributed by atoms with Crippen LogP contribution in [0.3, 0.4) is 0 Å². The van der Waals surface area contributed by atoms with Crippen LogP contribution in [0, 0.1) is 32.6 Å². The molecule has 0 bridgehead atoms. The van der Waals surface area contributed by atoms with Crippen LogP contribution in [0.4, 0.5) is 0 Å². The maximum Gasteiger partial charge on any atom is 0.307 e. The SMILES string of the molecule is CCC1CCC(C(=O)O)C(c2cc(C)c(C)cc2C)C1. The van der Waals surface area contributed by atoms with E-state index in [1.807, 2.05) is 0 Å². The van der Waals surface area contributed by atoms with E-state index in [2.05, 4.69) is 39.8 Å². The van der Waals surface area contributed by atoms with Gasteiger partial charge in [-0.15, -0.1) is 0 Å². The van der Waals surface area contributed by atoms with Crippen molar-refractivity contribution in [3.8, 4) is 0 Å². The summed E-state index contributed by atoms with van der Waals surface area (Å²) in [5.41, 5.74) is 5.08. The summed E-state index contributed by atoms with van der Waals surface area (Å²) in [5, 5.41) is 9.54. The molecule has 1 aromatic rings. The molecule has 1 saturated carbocycles. The number of hydrogen-bond acceptors (Lipinski definition) is 1. The Kier molecular flexibility index (Phi) is 4.52. The minimum Gasteiger partial charge on any atom is -0.481 e. The van der Waals surface area contributed by atoms with Gasteiger partial charge in [0, 0.05) is 0 Å². The third-order valence-electron chi connectivity index (χ3n) is 5.14. The van der Waals surface area contributed by atoms with Crippen LogP contribution in [0.2, 0.25) is 0 Å². The maximum absolute atomic E-state index is 11.6. The van der Waals surface area contributed by atoms with Crippen LogP contribution in [-0.2, 0) is 4.79 Å². The third-order valence-corrected chi connectivity index (χ3v) is 5.14. The van der Waals surface area contributed by atoms with Crippen molar-refractivity contribution in [1.82, 2.24) is 0 Å². The van der Waals surface area contributed by atoms with Gasteiger partial charge in [-0.3, -0.25) is 4.79 Å². The third kappa shape index (κ3) is 2.89. The Hall–Kier alpha value is -1.31. The molecular weight excluding hydrogens is 248 g/mol. The van der Waals surface area contributed by atoms with Crippen LogP contribution in [0.1, 0.15) is 60.8 Å². The second-order valence-corrected chi connectivity index (χ2v) is 6.43. The maximum atomic E-state index is 11.6. The molecule has 0 aliphatic heterocycles. The summed E-state index contributed by atoms with van der Waals surface area (Å²) in [6.45, 7) is 8.58. The van der Waals surface area contributed by atoms with E-state index in [0.717, 1.165) is 25.7 Å². The summed E-state index contributed by atoms with van der Waals surface area (Å²) < 4.78 is 0. The van der Waals surface area contributed by atoms with Gasteiger partial charge in [0.15, 0.2) is 0 Å². The molecule has 0 saturated heterocycles. The van der Waals surface area contributed by atoms with Crippen molar-refractivity contribution in [2.24, 2.45) is 11.8 Å². The van der Waals surface area contributed by atoms with Crippen molar-refractivity contribution >= 4 is 5.97 Å². The average molecular weight is 274 g/mol. The summed E-state index contributed by atoms with van der Waals surface area (Å²) >= 11 is 0. The van der Waals surface area contributed by atoms with Crippen molar-refractivity contribution in [3.63, 3.8) is 0 Å². The Morgan fingerprint density at radius 2 is 1.80 bits per heavy atom. The molecule has 1 aliphatic carbocycles. The van der Waals surface area contributed by atoms with Crippen LogP contribution in [0.15, 0.2) is 12.1 Å². The van der Waals surface area contributed by atoms with Crippen molar-refractivity contribution < 1.29 is 9.90 Å². The summed E-state index contributed by atoms with van der Waals surface area (Å²) in [4.78, 5) is 11.6. The molecule has 1 aromatic carbocycles. The highest BCUT2D eigenvalue weighted by molar-refractivity contribution is 5.71. The molecule has 0 aromatic heterocycles. The molecule has 20 heavy (non-hydrogen) atoms. The number of carboxylic acid groups (broad SMARTS) is 1. The first kappa shape index (κ1) is 15.1. The number of benzene rings is 1. The number of aliphatic carboxylic acids is 1. The predicted molar refractivity (Wildman–Crippen MR) is 82.2 cm³/mol. The van der Waals surface area contributed by atoms with Crippen molar-refractivity contribution in [2.75, 3.05) is 0 Å². The molecule has 1 N–H and O–H groups in total. The zero-order valence-electron chi connectivity index (χ0n) is 13.1. The monoisotopic (exact) mass is 274 g/mol. The molecule has 3 unspecified atom stereocenters. The number of hydrogen-bond donors (Lipinski definition) is 1. The molecule has 2 heteroatoms. The second kappa shape index (κ2) is 5.99. The molecule has 0 amide bonds. The Labute approximate surface area is 122 Å². The van der Waals surface area contributed by atoms with Gasteiger partial charge in [0.25, 0.3) is 0 Å². The van der Waals surface area contributed by atoms with Crippen LogP contribution >= 0.6 is 0 Å². The van der Waals surface area contributed by atoms with Gasteiger partial charge >= 0.3 is 5.97 Å². The molecule has 2 nitrogen and oxygen atoms in total. The Balaban J connectivity index is 2.39. The summed E-state index contributed by atoms with van der Waals surface area (Å²) in [7, 11) is 0. The van der Waals surface area contributed by atoms with Crippen molar-refractivity contribution in [2.45, 2.75) is 59.3 Å². The highest BCUT2D eigenvalue weighted by atomic mass is 16.4. The molecule has 2 rings (SSSR count). The highest BCUT2D eigenvalue weighted by Gasteiger charge is 2.36. The predicted octanol–water partition coefficient (Wildman–Crippen LogP) is 4.61. The lowest BCUT2D eigenvalue weighted by Gasteiger charge is -2.35. The largest absolute Gasteiger partial charge is 0.481 e. The molecule has 0 heterocycles. The van der Waals surface area contributed by atoms with Crippen LogP contribution in [0.25, 0.3) is 0 Å². The van der Waals surface area contributed by atoms with Gasteiger partial charge in [-0.2, -0.15) is 0 Å². The fourth-order valence-electron chi connectivity index (χ4n) is 3.65. The highest BCUT2D eigenvalue weighted by Crippen LogP contribution is 2.43. The Morgan fingerprint density at radius 3 is 2.40 bits per heavy atom. The molecule has 3 atom stereocenters. The van der Waals surface area contributed by atoms with Crippen molar-refractivity contribution in [1.29, 1.82) is 0 Å². The summed E-state index contributed by atoms with van der Waals surface area (Å²) in [6.07, 6.45) is 4.07. The lowest BCUT2D eigenvalue weighted by molar-refractivity contribution is -0.143. The minimum atomic E-state index is -0.623. The standard InChI is InChI=1S/C18H26O2/c1-5-14-6-7-15(18(19)20)17(10-14)16-9-12(3)11(2)8-13(16)4/h8-9,14-15,17H,5-7,10H2,1-4H3,(H,19,20).